The summed E-state index contributed by atoms with van der Waals surface area (Å²) in [6.07, 6.45) is 4.12. The Balaban J connectivity index is 1.63. The summed E-state index contributed by atoms with van der Waals surface area (Å²) in [6, 6.07) is 4.85. The zero-order valence-electron chi connectivity index (χ0n) is 10.7. The summed E-state index contributed by atoms with van der Waals surface area (Å²) in [7, 11) is 0. The summed E-state index contributed by atoms with van der Waals surface area (Å²) in [5, 5.41) is 0.438. The third-order valence-corrected chi connectivity index (χ3v) is 5.89. The van der Waals surface area contributed by atoms with Gasteiger partial charge in [0.25, 0.3) is 0 Å². The number of hydrazine groups is 1. The van der Waals surface area contributed by atoms with Crippen molar-refractivity contribution in [3.05, 3.63) is 34.6 Å². The summed E-state index contributed by atoms with van der Waals surface area (Å²) >= 11 is 5.82. The Bertz CT molecular complexity index is 505. The lowest BCUT2D eigenvalue weighted by molar-refractivity contribution is 0.365. The van der Waals surface area contributed by atoms with Crippen LogP contribution in [0.1, 0.15) is 30.9 Å². The van der Waals surface area contributed by atoms with Gasteiger partial charge in [0.05, 0.1) is 6.04 Å². The predicted octanol–water partition coefficient (Wildman–Crippen LogP) is 3.28. The van der Waals surface area contributed by atoms with E-state index in [1.165, 1.54) is 25.3 Å². The molecule has 19 heavy (non-hydrogen) atoms. The van der Waals surface area contributed by atoms with E-state index >= 15 is 0 Å². The highest BCUT2D eigenvalue weighted by molar-refractivity contribution is 6.30. The summed E-state index contributed by atoms with van der Waals surface area (Å²) < 4.78 is 14.1. The van der Waals surface area contributed by atoms with E-state index in [4.69, 9.17) is 17.4 Å². The maximum absolute atomic E-state index is 14.1. The predicted molar refractivity (Wildman–Crippen MR) is 72.8 cm³/mol. The van der Waals surface area contributed by atoms with Crippen molar-refractivity contribution in [1.29, 1.82) is 0 Å². The van der Waals surface area contributed by atoms with E-state index in [1.54, 1.807) is 12.1 Å². The molecule has 102 valence electrons. The second-order valence-electron chi connectivity index (χ2n) is 6.38. The first-order valence-corrected chi connectivity index (χ1v) is 7.49. The lowest BCUT2D eigenvalue weighted by Gasteiger charge is -2.20. The van der Waals surface area contributed by atoms with E-state index in [-0.39, 0.29) is 11.9 Å². The Morgan fingerprint density at radius 2 is 1.95 bits per heavy atom. The van der Waals surface area contributed by atoms with E-state index in [1.807, 2.05) is 0 Å². The van der Waals surface area contributed by atoms with Crippen LogP contribution in [0.5, 0.6) is 0 Å². The standard InChI is InChI=1S/C15H18ClFN2/c16-9-3-4-10(11(17)6-9)15(19-18)14-12-7-1-2-8(5-7)13(12)14/h3-4,6-8,12-15,19H,1-2,5,18H2. The van der Waals surface area contributed by atoms with Crippen LogP contribution < -0.4 is 11.3 Å². The van der Waals surface area contributed by atoms with Crippen molar-refractivity contribution in [3.8, 4) is 0 Å². The molecule has 2 nitrogen and oxygen atoms in total. The van der Waals surface area contributed by atoms with Crippen LogP contribution in [0, 0.1) is 35.4 Å². The highest BCUT2D eigenvalue weighted by atomic mass is 35.5. The summed E-state index contributed by atoms with van der Waals surface area (Å²) in [4.78, 5) is 0. The molecule has 3 aliphatic rings. The fourth-order valence-corrected chi connectivity index (χ4v) is 5.16. The quantitative estimate of drug-likeness (QED) is 0.659. The molecule has 2 bridgehead atoms. The van der Waals surface area contributed by atoms with E-state index < -0.39 is 0 Å². The molecule has 1 aromatic carbocycles. The molecule has 3 saturated carbocycles. The van der Waals surface area contributed by atoms with E-state index in [2.05, 4.69) is 5.43 Å². The molecule has 3 fully saturated rings. The smallest absolute Gasteiger partial charge is 0.129 e. The average molecular weight is 281 g/mol. The highest BCUT2D eigenvalue weighted by Gasteiger charge is 2.66. The number of hydrogen-bond donors (Lipinski definition) is 2. The van der Waals surface area contributed by atoms with Crippen LogP contribution >= 0.6 is 11.6 Å². The summed E-state index contributed by atoms with van der Waals surface area (Å²) in [5.74, 6) is 9.27. The average Bonchev–Trinajstić information content (AvgIpc) is 2.80. The number of hydrogen-bond acceptors (Lipinski definition) is 2. The van der Waals surface area contributed by atoms with Crippen molar-refractivity contribution in [2.75, 3.05) is 0 Å². The van der Waals surface area contributed by atoms with Gasteiger partial charge in [0.15, 0.2) is 0 Å². The molecule has 5 atom stereocenters. The van der Waals surface area contributed by atoms with Crippen LogP contribution in [0.4, 0.5) is 4.39 Å². The SMILES string of the molecule is NNC(c1ccc(Cl)cc1F)C1C2C3CCC(C3)C21. The zero-order chi connectivity index (χ0) is 13.1. The molecule has 4 rings (SSSR count). The second kappa shape index (κ2) is 4.18. The zero-order valence-corrected chi connectivity index (χ0v) is 11.4. The van der Waals surface area contributed by atoms with Crippen molar-refractivity contribution < 1.29 is 4.39 Å². The molecular formula is C15H18ClFN2. The largest absolute Gasteiger partial charge is 0.271 e. The highest BCUT2D eigenvalue weighted by Crippen LogP contribution is 2.72. The molecule has 0 amide bonds. The van der Waals surface area contributed by atoms with Gasteiger partial charge in [-0.2, -0.15) is 0 Å². The van der Waals surface area contributed by atoms with Gasteiger partial charge in [-0.15, -0.1) is 0 Å². The number of halogens is 2. The van der Waals surface area contributed by atoms with Crippen molar-refractivity contribution in [2.24, 2.45) is 35.4 Å². The lowest BCUT2D eigenvalue weighted by Crippen LogP contribution is -2.32. The minimum Gasteiger partial charge on any atom is -0.271 e. The third-order valence-electron chi connectivity index (χ3n) is 5.66. The Labute approximate surface area is 117 Å². The fourth-order valence-electron chi connectivity index (χ4n) is 5.00. The normalized spacial score (nSPS) is 40.3. The maximum Gasteiger partial charge on any atom is 0.129 e. The summed E-state index contributed by atoms with van der Waals surface area (Å²) in [5.41, 5.74) is 3.53. The van der Waals surface area contributed by atoms with Gasteiger partial charge in [-0.25, -0.2) is 4.39 Å². The molecule has 0 aromatic heterocycles. The second-order valence-corrected chi connectivity index (χ2v) is 6.81. The fraction of sp³-hybridized carbons (Fsp3) is 0.600. The molecule has 0 radical (unpaired) electrons. The number of fused-ring (bicyclic) bond motifs is 5. The minimum atomic E-state index is -0.243. The van der Waals surface area contributed by atoms with Crippen LogP contribution in [0.15, 0.2) is 18.2 Å². The molecule has 3 aliphatic carbocycles. The van der Waals surface area contributed by atoms with Gasteiger partial charge in [0.1, 0.15) is 5.82 Å². The van der Waals surface area contributed by atoms with Crippen LogP contribution in [0.3, 0.4) is 0 Å². The number of benzene rings is 1. The molecule has 4 heteroatoms. The Hall–Kier alpha value is -0.640. The number of rotatable bonds is 3. The Morgan fingerprint density at radius 3 is 2.53 bits per heavy atom. The third kappa shape index (κ3) is 1.68. The van der Waals surface area contributed by atoms with Crippen molar-refractivity contribution >= 4 is 11.6 Å². The number of nitrogens with two attached hydrogens (primary N) is 1. The van der Waals surface area contributed by atoms with Gasteiger partial charge in [-0.3, -0.25) is 11.3 Å². The molecule has 0 spiro atoms. The lowest BCUT2D eigenvalue weighted by atomic mass is 9.93. The molecule has 3 N–H and O–H groups in total. The van der Waals surface area contributed by atoms with Gasteiger partial charge < -0.3 is 0 Å². The van der Waals surface area contributed by atoms with Crippen LogP contribution in [-0.2, 0) is 0 Å². The van der Waals surface area contributed by atoms with Crippen molar-refractivity contribution in [2.45, 2.75) is 25.3 Å². The van der Waals surface area contributed by atoms with Crippen molar-refractivity contribution in [3.63, 3.8) is 0 Å². The van der Waals surface area contributed by atoms with E-state index in [0.717, 1.165) is 23.7 Å². The Kier molecular flexibility index (Phi) is 2.66. The van der Waals surface area contributed by atoms with E-state index in [9.17, 15) is 4.39 Å². The summed E-state index contributed by atoms with van der Waals surface area (Å²) in [6.45, 7) is 0. The van der Waals surface area contributed by atoms with Gasteiger partial charge in [0, 0.05) is 10.6 Å². The first kappa shape index (κ1) is 12.1. The maximum atomic E-state index is 14.1. The molecular weight excluding hydrogens is 263 g/mol. The van der Waals surface area contributed by atoms with Crippen LogP contribution in [0.25, 0.3) is 0 Å². The van der Waals surface area contributed by atoms with Crippen molar-refractivity contribution in [1.82, 2.24) is 5.43 Å². The topological polar surface area (TPSA) is 38.0 Å². The molecule has 0 aliphatic heterocycles. The molecule has 0 heterocycles. The first-order chi connectivity index (χ1) is 9.20. The van der Waals surface area contributed by atoms with Gasteiger partial charge in [-0.05, 0) is 61.0 Å². The molecule has 0 saturated heterocycles. The van der Waals surface area contributed by atoms with Gasteiger partial charge >= 0.3 is 0 Å². The minimum absolute atomic E-state index is 0.0596. The van der Waals surface area contributed by atoms with Crippen LogP contribution in [0.2, 0.25) is 5.02 Å². The van der Waals surface area contributed by atoms with E-state index in [0.29, 0.717) is 16.5 Å². The first-order valence-electron chi connectivity index (χ1n) is 7.12. The van der Waals surface area contributed by atoms with Crippen LogP contribution in [-0.4, -0.2) is 0 Å². The number of nitrogens with one attached hydrogen (secondary N) is 1. The van der Waals surface area contributed by atoms with Gasteiger partial charge in [-0.1, -0.05) is 17.7 Å². The Morgan fingerprint density at radius 1 is 1.26 bits per heavy atom. The molecule has 5 unspecified atom stereocenters. The van der Waals surface area contributed by atoms with Gasteiger partial charge in [0.2, 0.25) is 0 Å². The monoisotopic (exact) mass is 280 g/mol. The molecule has 1 aromatic rings.